The Hall–Kier alpha value is -3.10. The molecule has 0 radical (unpaired) electrons. The fourth-order valence-electron chi connectivity index (χ4n) is 4.33. The number of benzene rings is 1. The molecule has 3 heterocycles. The minimum absolute atomic E-state index is 0.290. The highest BCUT2D eigenvalue weighted by Gasteiger charge is 2.31. The molecule has 30 heavy (non-hydrogen) atoms. The van der Waals surface area contributed by atoms with Gasteiger partial charge in [0.05, 0.1) is 32.9 Å². The number of anilines is 1. The van der Waals surface area contributed by atoms with Gasteiger partial charge < -0.3 is 24.1 Å². The Labute approximate surface area is 174 Å². The van der Waals surface area contributed by atoms with Crippen LogP contribution in [0.2, 0.25) is 0 Å². The van der Waals surface area contributed by atoms with Gasteiger partial charge in [-0.15, -0.1) is 15.3 Å². The average Bonchev–Trinajstić information content (AvgIpc) is 3.53. The third kappa shape index (κ3) is 3.18. The lowest BCUT2D eigenvalue weighted by atomic mass is 9.97. The Kier molecular flexibility index (Phi) is 4.80. The first-order chi connectivity index (χ1) is 14.7. The van der Waals surface area contributed by atoms with Gasteiger partial charge in [0, 0.05) is 30.3 Å². The van der Waals surface area contributed by atoms with Crippen LogP contribution >= 0.6 is 0 Å². The summed E-state index contributed by atoms with van der Waals surface area (Å²) in [6, 6.07) is 1.95. The van der Waals surface area contributed by atoms with Crippen LogP contribution in [0.4, 0.5) is 5.82 Å². The maximum absolute atomic E-state index is 5.64. The average molecular weight is 410 g/mol. The standard InChI is InChI=1S/C21H26N6O3/c1-28-16-9-14-15(17(29-2)18(16)30-3)10-22-26-21(14)27-8-4-5-13(11-27)20-23-19(24-25-20)12-6-7-12/h9-10,12-13H,4-8,11H2,1-3H3,(H,23,24,25). The van der Waals surface area contributed by atoms with Gasteiger partial charge in [0.1, 0.15) is 11.6 Å². The fraction of sp³-hybridized carbons (Fsp3) is 0.524. The molecule has 1 saturated carbocycles. The molecule has 0 amide bonds. The predicted octanol–water partition coefficient (Wildman–Crippen LogP) is 3.04. The minimum atomic E-state index is 0.290. The summed E-state index contributed by atoms with van der Waals surface area (Å²) >= 11 is 0. The molecule has 9 nitrogen and oxygen atoms in total. The van der Waals surface area contributed by atoms with Crippen molar-refractivity contribution in [3.63, 3.8) is 0 Å². The van der Waals surface area contributed by atoms with Gasteiger partial charge in [-0.05, 0) is 31.7 Å². The first kappa shape index (κ1) is 18.9. The Balaban J connectivity index is 1.51. The van der Waals surface area contributed by atoms with Crippen molar-refractivity contribution in [2.75, 3.05) is 39.3 Å². The van der Waals surface area contributed by atoms with Crippen LogP contribution in [0, 0.1) is 0 Å². The van der Waals surface area contributed by atoms with Gasteiger partial charge in [-0.3, -0.25) is 0 Å². The Morgan fingerprint density at radius 2 is 1.67 bits per heavy atom. The van der Waals surface area contributed by atoms with Crippen LogP contribution in [0.25, 0.3) is 10.8 Å². The topological polar surface area (TPSA) is 98.3 Å². The SMILES string of the molecule is COc1cc2c(N3CCCC(c4nnc(C5CC5)[nH]4)C3)nncc2c(OC)c1OC. The smallest absolute Gasteiger partial charge is 0.204 e. The summed E-state index contributed by atoms with van der Waals surface area (Å²) in [5.41, 5.74) is 0. The zero-order valence-corrected chi connectivity index (χ0v) is 17.5. The third-order valence-electron chi connectivity index (χ3n) is 6.04. The van der Waals surface area contributed by atoms with E-state index in [1.54, 1.807) is 27.5 Å². The summed E-state index contributed by atoms with van der Waals surface area (Å²) in [7, 11) is 4.84. The number of piperidine rings is 1. The number of rotatable bonds is 6. The zero-order valence-electron chi connectivity index (χ0n) is 17.5. The van der Waals surface area contributed by atoms with Gasteiger partial charge in [-0.1, -0.05) is 0 Å². The highest BCUT2D eigenvalue weighted by Crippen LogP contribution is 2.45. The van der Waals surface area contributed by atoms with E-state index in [0.29, 0.717) is 23.2 Å². The zero-order chi connectivity index (χ0) is 20.7. The van der Waals surface area contributed by atoms with E-state index in [0.717, 1.165) is 54.2 Å². The van der Waals surface area contributed by atoms with E-state index in [1.807, 2.05) is 6.07 Å². The lowest BCUT2D eigenvalue weighted by Crippen LogP contribution is -2.35. The van der Waals surface area contributed by atoms with E-state index in [1.165, 1.54) is 12.8 Å². The molecule has 2 fully saturated rings. The number of nitrogens with one attached hydrogen (secondary N) is 1. The van der Waals surface area contributed by atoms with E-state index in [4.69, 9.17) is 14.2 Å². The number of fused-ring (bicyclic) bond motifs is 1. The molecule has 0 spiro atoms. The Bertz CT molecular complexity index is 1060. The van der Waals surface area contributed by atoms with Crippen molar-refractivity contribution < 1.29 is 14.2 Å². The third-order valence-corrected chi connectivity index (χ3v) is 6.04. The molecule has 5 rings (SSSR count). The molecule has 1 aliphatic heterocycles. The maximum atomic E-state index is 5.64. The number of hydrogen-bond donors (Lipinski definition) is 1. The molecule has 158 valence electrons. The van der Waals surface area contributed by atoms with Crippen LogP contribution in [0.15, 0.2) is 12.3 Å². The molecule has 1 unspecified atom stereocenters. The van der Waals surface area contributed by atoms with Crippen LogP contribution in [0.5, 0.6) is 17.2 Å². The van der Waals surface area contributed by atoms with E-state index >= 15 is 0 Å². The summed E-state index contributed by atoms with van der Waals surface area (Å²) in [4.78, 5) is 5.74. The monoisotopic (exact) mass is 410 g/mol. The van der Waals surface area contributed by atoms with Crippen LogP contribution in [-0.4, -0.2) is 59.8 Å². The van der Waals surface area contributed by atoms with Gasteiger partial charge >= 0.3 is 0 Å². The molecule has 2 aliphatic rings. The highest BCUT2D eigenvalue weighted by molar-refractivity contribution is 5.99. The number of ether oxygens (including phenoxy) is 3. The normalized spacial score (nSPS) is 19.2. The predicted molar refractivity (Wildman–Crippen MR) is 112 cm³/mol. The number of H-pyrrole nitrogens is 1. The van der Waals surface area contributed by atoms with Crippen molar-refractivity contribution in [3.05, 3.63) is 23.9 Å². The number of aromatic nitrogens is 5. The molecule has 1 N–H and O–H groups in total. The van der Waals surface area contributed by atoms with Crippen molar-refractivity contribution in [2.45, 2.75) is 37.5 Å². The van der Waals surface area contributed by atoms with E-state index in [9.17, 15) is 0 Å². The summed E-state index contributed by atoms with van der Waals surface area (Å²) in [6.45, 7) is 1.72. The second kappa shape index (κ2) is 7.62. The van der Waals surface area contributed by atoms with Crippen LogP contribution in [0.1, 0.15) is 49.2 Å². The van der Waals surface area contributed by atoms with Crippen LogP contribution in [-0.2, 0) is 0 Å². The van der Waals surface area contributed by atoms with Gasteiger partial charge in [-0.2, -0.15) is 5.10 Å². The van der Waals surface area contributed by atoms with Crippen molar-refractivity contribution >= 4 is 16.6 Å². The molecule has 2 aromatic heterocycles. The molecule has 1 aromatic carbocycles. The van der Waals surface area contributed by atoms with E-state index in [-0.39, 0.29) is 5.92 Å². The summed E-state index contributed by atoms with van der Waals surface area (Å²) in [5.74, 6) is 5.45. The number of nitrogens with zero attached hydrogens (tertiary/aromatic N) is 5. The van der Waals surface area contributed by atoms with E-state index in [2.05, 4.69) is 30.3 Å². The molecule has 1 aliphatic carbocycles. The van der Waals surface area contributed by atoms with Crippen molar-refractivity contribution in [2.24, 2.45) is 0 Å². The van der Waals surface area contributed by atoms with Gasteiger partial charge in [-0.25, -0.2) is 0 Å². The quantitative estimate of drug-likeness (QED) is 0.662. The number of aromatic amines is 1. The molecule has 9 heteroatoms. The van der Waals surface area contributed by atoms with Gasteiger partial charge in [0.25, 0.3) is 0 Å². The first-order valence-electron chi connectivity index (χ1n) is 10.3. The lowest BCUT2D eigenvalue weighted by Gasteiger charge is -2.33. The largest absolute Gasteiger partial charge is 0.493 e. The second-order valence-corrected chi connectivity index (χ2v) is 7.93. The van der Waals surface area contributed by atoms with Crippen molar-refractivity contribution in [1.82, 2.24) is 25.4 Å². The number of methoxy groups -OCH3 is 3. The van der Waals surface area contributed by atoms with E-state index < -0.39 is 0 Å². The second-order valence-electron chi connectivity index (χ2n) is 7.93. The summed E-state index contributed by atoms with van der Waals surface area (Å²) in [6.07, 6.45) is 6.26. The van der Waals surface area contributed by atoms with Gasteiger partial charge in [0.2, 0.25) is 5.75 Å². The summed E-state index contributed by atoms with van der Waals surface area (Å²) < 4.78 is 16.7. The molecular weight excluding hydrogens is 384 g/mol. The molecule has 1 atom stereocenters. The summed E-state index contributed by atoms with van der Waals surface area (Å²) in [5, 5.41) is 19.3. The molecule has 1 saturated heterocycles. The highest BCUT2D eigenvalue weighted by atomic mass is 16.5. The van der Waals surface area contributed by atoms with Gasteiger partial charge in [0.15, 0.2) is 17.3 Å². The molecular formula is C21H26N6O3. The molecule has 0 bridgehead atoms. The fourth-order valence-corrected chi connectivity index (χ4v) is 4.33. The van der Waals surface area contributed by atoms with Crippen LogP contribution in [0.3, 0.4) is 0 Å². The minimum Gasteiger partial charge on any atom is -0.493 e. The van der Waals surface area contributed by atoms with Crippen molar-refractivity contribution in [3.8, 4) is 17.2 Å². The van der Waals surface area contributed by atoms with Crippen molar-refractivity contribution in [1.29, 1.82) is 0 Å². The lowest BCUT2D eigenvalue weighted by molar-refractivity contribution is 0.327. The Morgan fingerprint density at radius 3 is 2.37 bits per heavy atom. The van der Waals surface area contributed by atoms with Crippen LogP contribution < -0.4 is 19.1 Å². The number of hydrogen-bond acceptors (Lipinski definition) is 8. The maximum Gasteiger partial charge on any atom is 0.204 e. The first-order valence-corrected chi connectivity index (χ1v) is 10.3. The molecule has 3 aromatic rings. The Morgan fingerprint density at radius 1 is 0.900 bits per heavy atom.